The van der Waals surface area contributed by atoms with E-state index in [1.807, 2.05) is 26.8 Å². The summed E-state index contributed by atoms with van der Waals surface area (Å²) in [6.07, 6.45) is 6.30. The average molecular weight is 294 g/mol. The molecule has 0 spiro atoms. The first-order chi connectivity index (χ1) is 9.88. The molecule has 0 aromatic heterocycles. The Morgan fingerprint density at radius 1 is 1.48 bits per heavy atom. The van der Waals surface area contributed by atoms with Crippen LogP contribution in [0.5, 0.6) is 0 Å². The lowest BCUT2D eigenvalue weighted by Crippen LogP contribution is -2.20. The second-order valence-corrected chi connectivity index (χ2v) is 6.65. The van der Waals surface area contributed by atoms with Gasteiger partial charge in [-0.15, -0.1) is 0 Å². The normalized spacial score (nSPS) is 34.6. The van der Waals surface area contributed by atoms with E-state index >= 15 is 0 Å². The number of esters is 1. The quantitative estimate of drug-likeness (QED) is 0.602. The molecule has 2 rings (SSSR count). The molecule has 0 aromatic carbocycles. The molecule has 1 saturated carbocycles. The van der Waals surface area contributed by atoms with Crippen LogP contribution in [0, 0.1) is 17.8 Å². The van der Waals surface area contributed by atoms with E-state index in [0.29, 0.717) is 12.8 Å². The minimum atomic E-state index is -0.537. The smallest absolute Gasteiger partial charge is 0.306 e. The van der Waals surface area contributed by atoms with Gasteiger partial charge < -0.3 is 14.9 Å². The maximum atomic E-state index is 11.3. The first-order valence-corrected chi connectivity index (χ1v) is 7.75. The molecule has 1 unspecified atom stereocenters. The monoisotopic (exact) mass is 294 g/mol. The van der Waals surface area contributed by atoms with Crippen molar-refractivity contribution < 1.29 is 19.7 Å². The fourth-order valence-electron chi connectivity index (χ4n) is 3.18. The van der Waals surface area contributed by atoms with Crippen molar-refractivity contribution in [3.05, 3.63) is 23.8 Å². The largest absolute Gasteiger partial charge is 0.462 e. The molecule has 4 nitrogen and oxygen atoms in total. The zero-order valence-corrected chi connectivity index (χ0v) is 13.0. The molecule has 1 aliphatic carbocycles. The molecule has 0 amide bonds. The van der Waals surface area contributed by atoms with E-state index in [1.54, 1.807) is 6.08 Å². The van der Waals surface area contributed by atoms with E-state index < -0.39 is 12.2 Å². The first-order valence-electron chi connectivity index (χ1n) is 7.75. The summed E-state index contributed by atoms with van der Waals surface area (Å²) in [6.45, 7) is 6.09. The van der Waals surface area contributed by atoms with Crippen LogP contribution in [0.25, 0.3) is 0 Å². The third kappa shape index (κ3) is 3.95. The highest BCUT2D eigenvalue weighted by atomic mass is 16.6. The molecule has 0 radical (unpaired) electrons. The van der Waals surface area contributed by atoms with Crippen molar-refractivity contribution in [3.63, 3.8) is 0 Å². The Morgan fingerprint density at radius 3 is 2.86 bits per heavy atom. The van der Waals surface area contributed by atoms with Crippen LogP contribution < -0.4 is 0 Å². The highest BCUT2D eigenvalue weighted by Gasteiger charge is 2.48. The zero-order chi connectivity index (χ0) is 15.6. The number of carbonyl (C=O) groups excluding carboxylic acids is 1. The summed E-state index contributed by atoms with van der Waals surface area (Å²) < 4.78 is 5.20. The highest BCUT2D eigenvalue weighted by molar-refractivity contribution is 5.72. The highest BCUT2D eigenvalue weighted by Crippen LogP contribution is 2.42. The van der Waals surface area contributed by atoms with Gasteiger partial charge in [-0.2, -0.15) is 0 Å². The topological polar surface area (TPSA) is 66.8 Å². The average Bonchev–Trinajstić information content (AvgIpc) is 2.88. The summed E-state index contributed by atoms with van der Waals surface area (Å²) in [6, 6.07) is 0. The van der Waals surface area contributed by atoms with Gasteiger partial charge in [0.15, 0.2) is 0 Å². The summed E-state index contributed by atoms with van der Waals surface area (Å²) in [5.41, 5.74) is 1.24. The number of aliphatic hydroxyl groups excluding tert-OH is 2. The Bertz CT molecular complexity index is 436. The van der Waals surface area contributed by atoms with Crippen LogP contribution in [0.3, 0.4) is 0 Å². The van der Waals surface area contributed by atoms with Gasteiger partial charge in [-0.3, -0.25) is 4.79 Å². The number of aliphatic hydroxyl groups is 2. The number of hydrogen-bond acceptors (Lipinski definition) is 4. The van der Waals surface area contributed by atoms with Gasteiger partial charge >= 0.3 is 5.97 Å². The summed E-state index contributed by atoms with van der Waals surface area (Å²) in [5, 5.41) is 20.2. The van der Waals surface area contributed by atoms with E-state index in [4.69, 9.17) is 4.74 Å². The predicted octanol–water partition coefficient (Wildman–Crippen LogP) is 2.21. The Labute approximate surface area is 126 Å². The van der Waals surface area contributed by atoms with E-state index in [9.17, 15) is 15.0 Å². The molecule has 2 fully saturated rings. The van der Waals surface area contributed by atoms with E-state index in [1.165, 1.54) is 5.57 Å². The third-order valence-electron chi connectivity index (χ3n) is 4.59. The van der Waals surface area contributed by atoms with Crippen LogP contribution in [0.1, 0.15) is 40.0 Å². The van der Waals surface area contributed by atoms with Gasteiger partial charge in [0.2, 0.25) is 0 Å². The molecule has 6 atom stereocenters. The summed E-state index contributed by atoms with van der Waals surface area (Å²) >= 11 is 0. The summed E-state index contributed by atoms with van der Waals surface area (Å²) in [5.74, 6) is -0.0736. The van der Waals surface area contributed by atoms with E-state index in [0.717, 1.165) is 6.42 Å². The summed E-state index contributed by atoms with van der Waals surface area (Å²) in [4.78, 5) is 11.3. The Hall–Kier alpha value is -1.13. The van der Waals surface area contributed by atoms with Crippen LogP contribution in [0.4, 0.5) is 0 Å². The first kappa shape index (κ1) is 16.2. The second-order valence-electron chi connectivity index (χ2n) is 6.65. The lowest BCUT2D eigenvalue weighted by atomic mass is 9.90. The molecule has 1 saturated heterocycles. The molecule has 21 heavy (non-hydrogen) atoms. The Kier molecular flexibility index (Phi) is 5.22. The van der Waals surface area contributed by atoms with E-state index in [-0.39, 0.29) is 29.8 Å². The fraction of sp³-hybridized carbons (Fsp3) is 0.706. The molecule has 1 aliphatic heterocycles. The van der Waals surface area contributed by atoms with Crippen molar-refractivity contribution in [2.75, 3.05) is 0 Å². The number of carbonyl (C=O) groups is 1. The van der Waals surface area contributed by atoms with Crippen LogP contribution >= 0.6 is 0 Å². The van der Waals surface area contributed by atoms with Gasteiger partial charge in [-0.25, -0.2) is 0 Å². The van der Waals surface area contributed by atoms with Crippen LogP contribution in [0.2, 0.25) is 0 Å². The van der Waals surface area contributed by atoms with Crippen molar-refractivity contribution in [1.29, 1.82) is 0 Å². The van der Waals surface area contributed by atoms with Crippen molar-refractivity contribution in [2.45, 2.75) is 58.3 Å². The van der Waals surface area contributed by atoms with Crippen LogP contribution in [-0.4, -0.2) is 34.5 Å². The van der Waals surface area contributed by atoms with Crippen molar-refractivity contribution >= 4 is 5.97 Å². The molecule has 118 valence electrons. The maximum absolute atomic E-state index is 11.3. The van der Waals surface area contributed by atoms with Gasteiger partial charge in [0.1, 0.15) is 6.10 Å². The van der Waals surface area contributed by atoms with E-state index in [2.05, 4.69) is 6.08 Å². The minimum Gasteiger partial charge on any atom is -0.462 e. The standard InChI is InChI=1S/C17H26O4/c1-10(2)4-5-11(3)14(18)7-6-12-13-8-17(20)21-16(13)9-15(12)19/h4,6-7,11-16,18-19H,5,8-9H2,1-3H3/b7-6+/t11?,12-,13-,14+,15-,16+/m1/s1. The van der Waals surface area contributed by atoms with Gasteiger partial charge in [0.25, 0.3) is 0 Å². The lowest BCUT2D eigenvalue weighted by molar-refractivity contribution is -0.141. The van der Waals surface area contributed by atoms with Gasteiger partial charge in [0, 0.05) is 18.3 Å². The minimum absolute atomic E-state index is 0.0593. The molecule has 1 heterocycles. The molecule has 2 aliphatic rings. The number of fused-ring (bicyclic) bond motifs is 1. The predicted molar refractivity (Wildman–Crippen MR) is 80.5 cm³/mol. The zero-order valence-electron chi connectivity index (χ0n) is 13.0. The van der Waals surface area contributed by atoms with Gasteiger partial charge in [-0.05, 0) is 26.2 Å². The number of ether oxygens (including phenoxy) is 1. The maximum Gasteiger partial charge on any atom is 0.306 e. The van der Waals surface area contributed by atoms with Crippen molar-refractivity contribution in [3.8, 4) is 0 Å². The van der Waals surface area contributed by atoms with Crippen molar-refractivity contribution in [1.82, 2.24) is 0 Å². The van der Waals surface area contributed by atoms with Crippen LogP contribution in [-0.2, 0) is 9.53 Å². The number of allylic oxidation sites excluding steroid dienone is 2. The lowest BCUT2D eigenvalue weighted by Gasteiger charge is -2.18. The molecular weight excluding hydrogens is 268 g/mol. The molecule has 0 aromatic rings. The van der Waals surface area contributed by atoms with Gasteiger partial charge in [-0.1, -0.05) is 30.7 Å². The SMILES string of the molecule is CC(C)=CCC(C)[C@@H](O)/C=C/[C@@H]1[C@H]2CC(=O)O[C@H]2C[C@H]1O. The third-order valence-corrected chi connectivity index (χ3v) is 4.59. The molecule has 4 heteroatoms. The number of hydrogen-bond donors (Lipinski definition) is 2. The summed E-state index contributed by atoms with van der Waals surface area (Å²) in [7, 11) is 0. The van der Waals surface area contributed by atoms with Gasteiger partial charge in [0.05, 0.1) is 18.6 Å². The Balaban J connectivity index is 1.93. The molecule has 2 N–H and O–H groups in total. The molecular formula is C17H26O4. The van der Waals surface area contributed by atoms with Crippen molar-refractivity contribution in [2.24, 2.45) is 17.8 Å². The van der Waals surface area contributed by atoms with Crippen LogP contribution in [0.15, 0.2) is 23.8 Å². The molecule has 0 bridgehead atoms. The number of rotatable bonds is 5. The Morgan fingerprint density at radius 2 is 2.19 bits per heavy atom. The fourth-order valence-corrected chi connectivity index (χ4v) is 3.18. The second kappa shape index (κ2) is 6.75.